The molecule has 2 N–H and O–H groups in total. The summed E-state index contributed by atoms with van der Waals surface area (Å²) in [5, 5.41) is 0.564. The van der Waals surface area contributed by atoms with Gasteiger partial charge in [0.15, 0.2) is 11.5 Å². The number of hydrogen-bond acceptors (Lipinski definition) is 4. The number of benzene rings is 1. The van der Waals surface area contributed by atoms with E-state index in [9.17, 15) is 0 Å². The largest absolute Gasteiger partial charge is 0.493 e. The minimum atomic E-state index is 0. The fourth-order valence-electron chi connectivity index (χ4n) is 1.55. The van der Waals surface area contributed by atoms with Crippen molar-refractivity contribution < 1.29 is 14.2 Å². The van der Waals surface area contributed by atoms with Crippen LogP contribution in [0.3, 0.4) is 0 Å². The minimum absolute atomic E-state index is 0. The Morgan fingerprint density at radius 1 is 1.44 bits per heavy atom. The Hall–Kier alpha value is -0.840. The molecule has 0 saturated carbocycles. The van der Waals surface area contributed by atoms with E-state index in [1.54, 1.807) is 7.11 Å². The first-order chi connectivity index (χ1) is 7.27. The van der Waals surface area contributed by atoms with Gasteiger partial charge in [-0.3, -0.25) is 0 Å². The molecular weight excluding hydrogens is 253 g/mol. The first-order valence-corrected chi connectivity index (χ1v) is 5.00. The van der Waals surface area contributed by atoms with Gasteiger partial charge in [-0.15, -0.1) is 12.4 Å². The second-order valence-electron chi connectivity index (χ2n) is 3.16. The van der Waals surface area contributed by atoms with Gasteiger partial charge >= 0.3 is 0 Å². The highest BCUT2D eigenvalue weighted by Crippen LogP contribution is 2.47. The molecular formula is C10H13Cl2NO3. The second kappa shape index (κ2) is 5.48. The van der Waals surface area contributed by atoms with E-state index in [1.165, 1.54) is 0 Å². The maximum Gasteiger partial charge on any atom is 0.231 e. The molecule has 0 spiro atoms. The van der Waals surface area contributed by atoms with Crippen molar-refractivity contribution in [2.75, 3.05) is 20.4 Å². The molecule has 0 radical (unpaired) electrons. The molecule has 0 aliphatic carbocycles. The van der Waals surface area contributed by atoms with Gasteiger partial charge in [0.2, 0.25) is 12.5 Å². The summed E-state index contributed by atoms with van der Waals surface area (Å²) in [5.74, 6) is 1.76. The second-order valence-corrected chi connectivity index (χ2v) is 3.53. The van der Waals surface area contributed by atoms with Crippen LogP contribution >= 0.6 is 24.0 Å². The van der Waals surface area contributed by atoms with Crippen molar-refractivity contribution in [3.63, 3.8) is 0 Å². The quantitative estimate of drug-likeness (QED) is 0.909. The Morgan fingerprint density at radius 3 is 2.75 bits per heavy atom. The Balaban J connectivity index is 0.00000128. The lowest BCUT2D eigenvalue weighted by Gasteiger charge is -2.10. The van der Waals surface area contributed by atoms with Gasteiger partial charge in [-0.25, -0.2) is 0 Å². The van der Waals surface area contributed by atoms with Gasteiger partial charge < -0.3 is 19.9 Å². The van der Waals surface area contributed by atoms with E-state index in [0.29, 0.717) is 35.2 Å². The Kier molecular flexibility index (Phi) is 4.53. The molecule has 0 atom stereocenters. The fourth-order valence-corrected chi connectivity index (χ4v) is 1.84. The molecule has 0 bridgehead atoms. The van der Waals surface area contributed by atoms with Gasteiger partial charge in [-0.05, 0) is 24.6 Å². The molecule has 0 amide bonds. The topological polar surface area (TPSA) is 53.7 Å². The summed E-state index contributed by atoms with van der Waals surface area (Å²) >= 11 is 6.15. The third kappa shape index (κ3) is 2.14. The smallest absolute Gasteiger partial charge is 0.231 e. The summed E-state index contributed by atoms with van der Waals surface area (Å²) in [6, 6.07) is 1.84. The lowest BCUT2D eigenvalue weighted by Crippen LogP contribution is -2.03. The fraction of sp³-hybridized carbons (Fsp3) is 0.400. The van der Waals surface area contributed by atoms with Crippen molar-refractivity contribution in [1.82, 2.24) is 0 Å². The van der Waals surface area contributed by atoms with E-state index < -0.39 is 0 Å². The van der Waals surface area contributed by atoms with Crippen molar-refractivity contribution in [2.45, 2.75) is 6.42 Å². The van der Waals surface area contributed by atoms with Gasteiger partial charge in [0.05, 0.1) is 12.1 Å². The zero-order valence-corrected chi connectivity index (χ0v) is 10.4. The standard InChI is InChI=1S/C10H12ClNO3.ClH/c1-13-7-4-6(2-3-12)8(11)10-9(7)14-5-15-10;/h4H,2-3,5,12H2,1H3;1H. The van der Waals surface area contributed by atoms with Crippen molar-refractivity contribution in [2.24, 2.45) is 5.73 Å². The number of fused-ring (bicyclic) bond motifs is 1. The van der Waals surface area contributed by atoms with Crippen LogP contribution in [-0.4, -0.2) is 20.4 Å². The highest BCUT2D eigenvalue weighted by molar-refractivity contribution is 6.33. The predicted molar refractivity (Wildman–Crippen MR) is 64.1 cm³/mol. The molecule has 1 aromatic rings. The number of methoxy groups -OCH3 is 1. The van der Waals surface area contributed by atoms with Crippen LogP contribution in [0.15, 0.2) is 6.07 Å². The molecule has 4 nitrogen and oxygen atoms in total. The Bertz CT molecular complexity index is 385. The summed E-state index contributed by atoms with van der Waals surface area (Å²) in [5.41, 5.74) is 6.41. The van der Waals surface area contributed by atoms with Crippen LogP contribution < -0.4 is 19.9 Å². The molecule has 0 aromatic heterocycles. The number of nitrogens with two attached hydrogens (primary N) is 1. The van der Waals surface area contributed by atoms with Gasteiger partial charge in [0.1, 0.15) is 0 Å². The molecule has 1 aromatic carbocycles. The summed E-state index contributed by atoms with van der Waals surface area (Å²) < 4.78 is 15.7. The van der Waals surface area contributed by atoms with Crippen molar-refractivity contribution in [1.29, 1.82) is 0 Å². The van der Waals surface area contributed by atoms with Gasteiger partial charge in [-0.2, -0.15) is 0 Å². The SMILES string of the molecule is COc1cc(CCN)c(Cl)c2c1OCO2.Cl. The van der Waals surface area contributed by atoms with E-state index in [1.807, 2.05) is 6.07 Å². The molecule has 1 aliphatic heterocycles. The number of halogens is 2. The molecule has 2 rings (SSSR count). The van der Waals surface area contributed by atoms with E-state index in [0.717, 1.165) is 5.56 Å². The lowest BCUT2D eigenvalue weighted by atomic mass is 10.1. The molecule has 90 valence electrons. The molecule has 0 unspecified atom stereocenters. The monoisotopic (exact) mass is 265 g/mol. The first kappa shape index (κ1) is 13.2. The minimum Gasteiger partial charge on any atom is -0.493 e. The van der Waals surface area contributed by atoms with E-state index in [-0.39, 0.29) is 19.2 Å². The normalized spacial score (nSPS) is 12.2. The molecule has 1 heterocycles. The van der Waals surface area contributed by atoms with Crippen molar-refractivity contribution in [3.05, 3.63) is 16.7 Å². The molecule has 16 heavy (non-hydrogen) atoms. The van der Waals surface area contributed by atoms with Gasteiger partial charge in [-0.1, -0.05) is 11.6 Å². The van der Waals surface area contributed by atoms with E-state index >= 15 is 0 Å². The summed E-state index contributed by atoms with van der Waals surface area (Å²) in [6.45, 7) is 0.708. The lowest BCUT2D eigenvalue weighted by molar-refractivity contribution is 0.171. The zero-order chi connectivity index (χ0) is 10.8. The van der Waals surface area contributed by atoms with Crippen LogP contribution in [-0.2, 0) is 6.42 Å². The molecule has 6 heteroatoms. The number of hydrogen-bond donors (Lipinski definition) is 1. The highest BCUT2D eigenvalue weighted by atomic mass is 35.5. The Labute approximate surface area is 105 Å². The van der Waals surface area contributed by atoms with Crippen LogP contribution in [0.1, 0.15) is 5.56 Å². The number of rotatable bonds is 3. The van der Waals surface area contributed by atoms with Gasteiger partial charge in [0, 0.05) is 0 Å². The van der Waals surface area contributed by atoms with Crippen LogP contribution in [0.5, 0.6) is 17.2 Å². The van der Waals surface area contributed by atoms with Crippen LogP contribution in [0.4, 0.5) is 0 Å². The summed E-state index contributed by atoms with van der Waals surface area (Å²) in [7, 11) is 1.58. The van der Waals surface area contributed by atoms with Crippen LogP contribution in [0.25, 0.3) is 0 Å². The summed E-state index contributed by atoms with van der Waals surface area (Å²) in [4.78, 5) is 0. The van der Waals surface area contributed by atoms with Crippen LogP contribution in [0.2, 0.25) is 5.02 Å². The zero-order valence-electron chi connectivity index (χ0n) is 8.79. The van der Waals surface area contributed by atoms with E-state index in [2.05, 4.69) is 0 Å². The maximum atomic E-state index is 6.15. The number of ether oxygens (including phenoxy) is 3. The molecule has 1 aliphatic rings. The predicted octanol–water partition coefficient (Wildman–Crippen LogP) is 2.00. The first-order valence-electron chi connectivity index (χ1n) is 4.63. The maximum absolute atomic E-state index is 6.15. The van der Waals surface area contributed by atoms with E-state index in [4.69, 9.17) is 31.5 Å². The molecule has 0 fully saturated rings. The third-order valence-corrected chi connectivity index (χ3v) is 2.67. The third-order valence-electron chi connectivity index (χ3n) is 2.26. The molecule has 0 saturated heterocycles. The Morgan fingerprint density at radius 2 is 2.12 bits per heavy atom. The van der Waals surface area contributed by atoms with Crippen molar-refractivity contribution >= 4 is 24.0 Å². The van der Waals surface area contributed by atoms with Crippen molar-refractivity contribution in [3.8, 4) is 17.2 Å². The average molecular weight is 266 g/mol. The van der Waals surface area contributed by atoms with Crippen LogP contribution in [0, 0.1) is 0 Å². The van der Waals surface area contributed by atoms with Gasteiger partial charge in [0.25, 0.3) is 0 Å². The highest BCUT2D eigenvalue weighted by Gasteiger charge is 2.24. The average Bonchev–Trinajstić information content (AvgIpc) is 2.71. The summed E-state index contributed by atoms with van der Waals surface area (Å²) in [6.07, 6.45) is 0.686.